The Balaban J connectivity index is 0.978. The van der Waals surface area contributed by atoms with E-state index < -0.39 is 0 Å². The van der Waals surface area contributed by atoms with Crippen molar-refractivity contribution in [2.75, 3.05) is 31.1 Å². The van der Waals surface area contributed by atoms with Crippen LogP contribution in [0.1, 0.15) is 70.4 Å². The third-order valence-corrected chi connectivity index (χ3v) is 10.7. The van der Waals surface area contributed by atoms with Gasteiger partial charge < -0.3 is 15.0 Å². The summed E-state index contributed by atoms with van der Waals surface area (Å²) in [6, 6.07) is 5.05. The number of aromatic nitrogens is 5. The Morgan fingerprint density at radius 3 is 2.66 bits per heavy atom. The molecule has 3 saturated heterocycles. The molecule has 1 aromatic carbocycles. The highest BCUT2D eigenvalue weighted by molar-refractivity contribution is 5.79. The van der Waals surface area contributed by atoms with E-state index >= 15 is 0 Å². The first kappa shape index (κ1) is 27.8. The van der Waals surface area contributed by atoms with Crippen molar-refractivity contribution in [3.8, 4) is 22.8 Å². The van der Waals surface area contributed by atoms with Gasteiger partial charge in [-0.2, -0.15) is 0 Å². The molecular weight excluding hydrogens is 559 g/mol. The van der Waals surface area contributed by atoms with Gasteiger partial charge in [-0.1, -0.05) is 13.8 Å². The quantitative estimate of drug-likeness (QED) is 0.394. The lowest BCUT2D eigenvalue weighted by Crippen LogP contribution is -2.67. The van der Waals surface area contributed by atoms with Gasteiger partial charge in [0.25, 0.3) is 5.88 Å². The molecule has 230 valence electrons. The highest BCUT2D eigenvalue weighted by Crippen LogP contribution is 2.52. The number of ether oxygens (including phenoxy) is 1. The van der Waals surface area contributed by atoms with Crippen LogP contribution in [0.25, 0.3) is 11.1 Å². The number of halogens is 1. The molecule has 1 N–H and O–H groups in total. The first-order chi connectivity index (χ1) is 21.3. The average molecular weight is 599 g/mol. The molecule has 0 unspecified atom stereocenters. The molecule has 8 rings (SSSR count). The molecule has 1 atom stereocenters. The van der Waals surface area contributed by atoms with E-state index in [9.17, 15) is 9.18 Å². The molecular formula is C33H39FN8O2. The maximum Gasteiger partial charge on any atom is 0.282 e. The van der Waals surface area contributed by atoms with Crippen LogP contribution < -0.4 is 15.0 Å². The molecule has 3 aromatic rings. The van der Waals surface area contributed by atoms with Crippen molar-refractivity contribution in [3.63, 3.8) is 0 Å². The summed E-state index contributed by atoms with van der Waals surface area (Å²) in [6.07, 6.45) is 11.8. The molecule has 1 amide bonds. The number of hydrogen-bond acceptors (Lipinski definition) is 9. The fourth-order valence-electron chi connectivity index (χ4n) is 8.61. The zero-order valence-corrected chi connectivity index (χ0v) is 25.4. The van der Waals surface area contributed by atoms with Gasteiger partial charge in [-0.3, -0.25) is 9.69 Å². The zero-order chi connectivity index (χ0) is 30.1. The van der Waals surface area contributed by atoms with Crippen LogP contribution in [0.4, 0.5) is 10.2 Å². The summed E-state index contributed by atoms with van der Waals surface area (Å²) >= 11 is 0. The molecule has 44 heavy (non-hydrogen) atoms. The Bertz CT molecular complexity index is 1580. The van der Waals surface area contributed by atoms with Gasteiger partial charge in [0.05, 0.1) is 5.69 Å². The number of carbonyl (C=O) groups is 1. The van der Waals surface area contributed by atoms with Crippen LogP contribution in [0.15, 0.2) is 37.1 Å². The SMILES string of the molecule is CC(C)[C@H](C1CC2(CCC(=O)N2)C1)N1CC2(CCN(c3ncnnc3Oc3ccc(F)cc3-c3cncnc3C3CC3)C2)C1. The van der Waals surface area contributed by atoms with Gasteiger partial charge in [0.15, 0.2) is 5.82 Å². The summed E-state index contributed by atoms with van der Waals surface area (Å²) in [5.74, 6) is 2.89. The van der Waals surface area contributed by atoms with Gasteiger partial charge >= 0.3 is 0 Å². The fraction of sp³-hybridized carbons (Fsp3) is 0.576. The number of amides is 1. The number of carbonyl (C=O) groups excluding carboxylic acids is 1. The lowest BCUT2D eigenvalue weighted by Gasteiger charge is -2.58. The highest BCUT2D eigenvalue weighted by atomic mass is 19.1. The van der Waals surface area contributed by atoms with Crippen molar-refractivity contribution in [3.05, 3.63) is 48.6 Å². The van der Waals surface area contributed by atoms with E-state index in [1.54, 1.807) is 18.6 Å². The standard InChI is InChI=1S/C33H39FN8O2/c1-20(2)29(22-12-33(13-22)8-7-27(43)39-33)42-16-32(17-42)9-10-41(15-32)30-31(40-38-19-37-30)44-26-6-5-23(34)11-24(26)25-14-35-18-36-28(25)21-3-4-21/h5-6,11,14,18-22,29H,3-4,7-10,12-13,15-17H2,1-2H3,(H,39,43)/t22?,29-,33?/m1/s1. The summed E-state index contributed by atoms with van der Waals surface area (Å²) < 4.78 is 20.9. The van der Waals surface area contributed by atoms with Crippen molar-refractivity contribution in [2.24, 2.45) is 17.3 Å². The van der Waals surface area contributed by atoms with Gasteiger partial charge in [-0.25, -0.2) is 19.3 Å². The molecule has 2 aliphatic carbocycles. The van der Waals surface area contributed by atoms with Crippen LogP contribution in [0.5, 0.6) is 11.6 Å². The number of nitrogens with one attached hydrogen (secondary N) is 1. The molecule has 0 radical (unpaired) electrons. The Hall–Kier alpha value is -3.73. The van der Waals surface area contributed by atoms with Crippen LogP contribution in [0.2, 0.25) is 0 Å². The minimum Gasteiger partial charge on any atom is -0.434 e. The van der Waals surface area contributed by atoms with E-state index in [0.717, 1.165) is 76.0 Å². The van der Waals surface area contributed by atoms with E-state index in [2.05, 4.69) is 54.1 Å². The third-order valence-electron chi connectivity index (χ3n) is 10.7. The average Bonchev–Trinajstić information content (AvgIpc) is 3.61. The number of hydrogen-bond donors (Lipinski definition) is 1. The van der Waals surface area contributed by atoms with Crippen LogP contribution in [0, 0.1) is 23.1 Å². The molecule has 10 nitrogen and oxygen atoms in total. The van der Waals surface area contributed by atoms with E-state index in [1.165, 1.54) is 18.5 Å². The number of anilines is 1. The maximum atomic E-state index is 14.5. The van der Waals surface area contributed by atoms with Crippen molar-refractivity contribution in [1.29, 1.82) is 0 Å². The van der Waals surface area contributed by atoms with Gasteiger partial charge in [-0.15, -0.1) is 10.2 Å². The summed E-state index contributed by atoms with van der Waals surface area (Å²) in [4.78, 5) is 30.2. The summed E-state index contributed by atoms with van der Waals surface area (Å²) in [5, 5.41) is 11.6. The molecule has 5 heterocycles. The first-order valence-electron chi connectivity index (χ1n) is 16.1. The van der Waals surface area contributed by atoms with Crippen LogP contribution >= 0.6 is 0 Å². The second-order valence-electron chi connectivity index (χ2n) is 14.2. The normalized spacial score (nSPS) is 26.6. The molecule has 0 bridgehead atoms. The first-order valence-corrected chi connectivity index (χ1v) is 16.1. The number of likely N-dealkylation sites (tertiary alicyclic amines) is 1. The monoisotopic (exact) mass is 598 g/mol. The summed E-state index contributed by atoms with van der Waals surface area (Å²) in [5.41, 5.74) is 2.58. The smallest absolute Gasteiger partial charge is 0.282 e. The van der Waals surface area contributed by atoms with Gasteiger partial charge in [0.1, 0.15) is 24.2 Å². The molecule has 3 aliphatic heterocycles. The number of nitrogens with zero attached hydrogens (tertiary/aromatic N) is 7. The third kappa shape index (κ3) is 4.89. The van der Waals surface area contributed by atoms with Crippen LogP contribution in [-0.4, -0.2) is 73.7 Å². The van der Waals surface area contributed by atoms with E-state index in [-0.39, 0.29) is 22.7 Å². The van der Waals surface area contributed by atoms with Crippen LogP contribution in [0.3, 0.4) is 0 Å². The second-order valence-corrected chi connectivity index (χ2v) is 14.2. The topological polar surface area (TPSA) is 109 Å². The second kappa shape index (κ2) is 10.4. The van der Waals surface area contributed by atoms with Crippen molar-refractivity contribution < 1.29 is 13.9 Å². The Labute approximate surface area is 256 Å². The lowest BCUT2D eigenvalue weighted by molar-refractivity contribution is -0.121. The largest absolute Gasteiger partial charge is 0.434 e. The summed E-state index contributed by atoms with van der Waals surface area (Å²) in [7, 11) is 0. The maximum absolute atomic E-state index is 14.5. The van der Waals surface area contributed by atoms with E-state index in [0.29, 0.717) is 53.2 Å². The molecule has 5 aliphatic rings. The van der Waals surface area contributed by atoms with Crippen LogP contribution in [-0.2, 0) is 4.79 Å². The van der Waals surface area contributed by atoms with Gasteiger partial charge in [-0.05, 0) is 68.6 Å². The Kier molecular flexibility index (Phi) is 6.59. The van der Waals surface area contributed by atoms with E-state index in [1.807, 2.05) is 0 Å². The number of rotatable bonds is 8. The van der Waals surface area contributed by atoms with Crippen molar-refractivity contribution in [1.82, 2.24) is 35.4 Å². The summed E-state index contributed by atoms with van der Waals surface area (Å²) in [6.45, 7) is 8.55. The Morgan fingerprint density at radius 1 is 1.07 bits per heavy atom. The molecule has 2 aromatic heterocycles. The van der Waals surface area contributed by atoms with Gasteiger partial charge in [0.2, 0.25) is 5.91 Å². The lowest BCUT2D eigenvalue weighted by atomic mass is 9.61. The fourth-order valence-corrected chi connectivity index (χ4v) is 8.61. The Morgan fingerprint density at radius 2 is 1.91 bits per heavy atom. The van der Waals surface area contributed by atoms with E-state index in [4.69, 9.17) is 4.74 Å². The predicted molar refractivity (Wildman–Crippen MR) is 162 cm³/mol. The predicted octanol–water partition coefficient (Wildman–Crippen LogP) is 4.73. The molecule has 2 spiro atoms. The molecule has 2 saturated carbocycles. The number of benzene rings is 1. The van der Waals surface area contributed by atoms with Crippen molar-refractivity contribution >= 4 is 11.7 Å². The minimum atomic E-state index is -0.351. The molecule has 11 heteroatoms. The minimum absolute atomic E-state index is 0.0649. The highest BCUT2D eigenvalue weighted by Gasteiger charge is 2.56. The van der Waals surface area contributed by atoms with Crippen molar-refractivity contribution in [2.45, 2.75) is 76.3 Å². The van der Waals surface area contributed by atoms with Gasteiger partial charge in [0, 0.05) is 72.8 Å². The molecule has 5 fully saturated rings. The zero-order valence-electron chi connectivity index (χ0n) is 25.4.